The van der Waals surface area contributed by atoms with Gasteiger partial charge in [-0.25, -0.2) is 9.97 Å². The van der Waals surface area contributed by atoms with Gasteiger partial charge in [0.2, 0.25) is 0 Å². The molecule has 4 nitrogen and oxygen atoms in total. The van der Waals surface area contributed by atoms with E-state index in [2.05, 4.69) is 126 Å². The van der Waals surface area contributed by atoms with E-state index in [1.165, 1.54) is 0 Å². The van der Waals surface area contributed by atoms with E-state index in [1.54, 1.807) is 0 Å². The Hall–Kier alpha value is -6.26. The molecule has 216 valence electrons. The van der Waals surface area contributed by atoms with E-state index < -0.39 is 0 Å². The highest BCUT2D eigenvalue weighted by molar-refractivity contribution is 6.12. The van der Waals surface area contributed by atoms with Crippen molar-refractivity contribution in [3.8, 4) is 28.3 Å². The molecule has 0 aliphatic rings. The van der Waals surface area contributed by atoms with Crippen LogP contribution in [0.5, 0.6) is 0 Å². The summed E-state index contributed by atoms with van der Waals surface area (Å²) in [6, 6.07) is 56.7. The Morgan fingerprint density at radius 2 is 1.22 bits per heavy atom. The number of hydrogen-bond donors (Lipinski definition) is 0. The number of para-hydroxylation sites is 2. The molecule has 4 heteroatoms. The van der Waals surface area contributed by atoms with Crippen molar-refractivity contribution in [3.05, 3.63) is 164 Å². The third-order valence-corrected chi connectivity index (χ3v) is 8.62. The number of fused-ring (bicyclic) bond motifs is 6. The predicted molar refractivity (Wildman–Crippen MR) is 190 cm³/mol. The minimum absolute atomic E-state index is 0.687. The quantitative estimate of drug-likeness (QED) is 0.206. The molecule has 0 atom stereocenters. The van der Waals surface area contributed by atoms with Crippen LogP contribution >= 0.6 is 0 Å². The van der Waals surface area contributed by atoms with E-state index in [0.29, 0.717) is 5.82 Å². The average Bonchev–Trinajstić information content (AvgIpc) is 3.13. The second kappa shape index (κ2) is 10.7. The lowest BCUT2D eigenvalue weighted by atomic mass is 10.0. The van der Waals surface area contributed by atoms with Gasteiger partial charge in [0.1, 0.15) is 11.2 Å². The number of hydrogen-bond acceptors (Lipinski definition) is 3. The molecule has 0 saturated carbocycles. The Bertz CT molecular complexity index is 2630. The fourth-order valence-corrected chi connectivity index (χ4v) is 6.48. The topological polar surface area (TPSA) is 43.9 Å². The lowest BCUT2D eigenvalue weighted by molar-refractivity contribution is 0.656. The molecule has 7 aromatic carbocycles. The van der Waals surface area contributed by atoms with Crippen LogP contribution in [0.25, 0.3) is 83.0 Å². The standard InChI is InChI=1S/C42H27N3O/c1-3-11-29(12-4-1)41-36-18-7-8-20-39(36)43-42(44-41)30-22-24-40-38(25-30)35-19-9-13-28-21-23-34(27-37(28)35)46-33-17-10-16-32(26-33)45(40)31-14-5-2-6-15-31/h1-27H. The highest BCUT2D eigenvalue weighted by atomic mass is 16.3. The largest absolute Gasteiger partial charge is 0.457 e. The lowest BCUT2D eigenvalue weighted by Crippen LogP contribution is -1.98. The van der Waals surface area contributed by atoms with Crippen molar-refractivity contribution in [2.24, 2.45) is 0 Å². The van der Waals surface area contributed by atoms with Crippen LogP contribution in [-0.2, 0) is 0 Å². The normalized spacial score (nSPS) is 11.5. The van der Waals surface area contributed by atoms with Crippen LogP contribution in [0.15, 0.2) is 168 Å². The van der Waals surface area contributed by atoms with Gasteiger partial charge in [-0.15, -0.1) is 0 Å². The highest BCUT2D eigenvalue weighted by Gasteiger charge is 2.14. The molecular weight excluding hydrogens is 562 g/mol. The van der Waals surface area contributed by atoms with Gasteiger partial charge in [-0.05, 0) is 76.8 Å². The zero-order chi connectivity index (χ0) is 30.5. The monoisotopic (exact) mass is 589 g/mol. The number of nitrogens with zero attached hydrogens (tertiary/aromatic N) is 3. The Labute approximate surface area is 265 Å². The Kier molecular flexibility index (Phi) is 6.10. The summed E-state index contributed by atoms with van der Waals surface area (Å²) in [5.74, 6) is 0.687. The maximum absolute atomic E-state index is 6.44. The molecule has 2 heterocycles. The predicted octanol–water partition coefficient (Wildman–Crippen LogP) is 11.1. The van der Waals surface area contributed by atoms with Gasteiger partial charge in [0.25, 0.3) is 0 Å². The van der Waals surface area contributed by atoms with E-state index in [0.717, 1.165) is 77.2 Å². The fourth-order valence-electron chi connectivity index (χ4n) is 6.48. The average molecular weight is 590 g/mol. The maximum Gasteiger partial charge on any atom is 0.160 e. The van der Waals surface area contributed by atoms with E-state index in [4.69, 9.17) is 14.4 Å². The molecule has 0 amide bonds. The molecule has 0 unspecified atom stereocenters. The van der Waals surface area contributed by atoms with Crippen molar-refractivity contribution in [2.75, 3.05) is 0 Å². The van der Waals surface area contributed by atoms with Gasteiger partial charge in [-0.3, -0.25) is 0 Å². The third kappa shape index (κ3) is 4.47. The summed E-state index contributed by atoms with van der Waals surface area (Å²) in [6.45, 7) is 0. The Morgan fingerprint density at radius 1 is 0.457 bits per heavy atom. The van der Waals surface area contributed by atoms with Gasteiger partial charge >= 0.3 is 0 Å². The minimum Gasteiger partial charge on any atom is -0.457 e. The summed E-state index contributed by atoms with van der Waals surface area (Å²) < 4.78 is 8.74. The molecule has 0 spiro atoms. The second-order valence-electron chi connectivity index (χ2n) is 11.5. The van der Waals surface area contributed by atoms with Crippen LogP contribution in [0.2, 0.25) is 0 Å². The van der Waals surface area contributed by atoms with Crippen LogP contribution in [0, 0.1) is 0 Å². The zero-order valence-corrected chi connectivity index (χ0v) is 24.8. The van der Waals surface area contributed by atoms with Gasteiger partial charge in [0.15, 0.2) is 5.82 Å². The molecule has 9 aromatic rings. The van der Waals surface area contributed by atoms with Gasteiger partial charge in [0, 0.05) is 39.2 Å². The van der Waals surface area contributed by atoms with Crippen molar-refractivity contribution < 1.29 is 4.42 Å². The van der Waals surface area contributed by atoms with E-state index in [1.807, 2.05) is 42.5 Å². The van der Waals surface area contributed by atoms with Crippen LogP contribution in [0.3, 0.4) is 0 Å². The van der Waals surface area contributed by atoms with Crippen molar-refractivity contribution in [1.29, 1.82) is 0 Å². The molecule has 4 bridgehead atoms. The third-order valence-electron chi connectivity index (χ3n) is 8.62. The molecule has 0 fully saturated rings. The summed E-state index contributed by atoms with van der Waals surface area (Å²) in [7, 11) is 0. The highest BCUT2D eigenvalue weighted by Crippen LogP contribution is 2.34. The molecule has 9 rings (SSSR count). The summed E-state index contributed by atoms with van der Waals surface area (Å²) in [4.78, 5) is 10.3. The Balaban J connectivity index is 1.45. The first kappa shape index (κ1) is 26.2. The summed E-state index contributed by atoms with van der Waals surface area (Å²) >= 11 is 0. The molecule has 0 saturated heterocycles. The molecule has 0 N–H and O–H groups in total. The van der Waals surface area contributed by atoms with E-state index in [-0.39, 0.29) is 0 Å². The summed E-state index contributed by atoms with van der Waals surface area (Å²) in [5, 5.41) is 5.48. The van der Waals surface area contributed by atoms with E-state index in [9.17, 15) is 0 Å². The van der Waals surface area contributed by atoms with Crippen LogP contribution in [0.1, 0.15) is 0 Å². The van der Waals surface area contributed by atoms with Crippen molar-refractivity contribution in [3.63, 3.8) is 0 Å². The van der Waals surface area contributed by atoms with Crippen LogP contribution in [0.4, 0.5) is 0 Å². The van der Waals surface area contributed by atoms with Crippen LogP contribution in [-0.4, -0.2) is 14.5 Å². The SMILES string of the molecule is c1ccc(-c2nc(-c3ccc4c(c3)c3cccc5ccc(cc53)oc3cccc(c3)n4-c3ccccc3)nc3ccccc23)cc1. The second-order valence-corrected chi connectivity index (χ2v) is 11.5. The van der Waals surface area contributed by atoms with E-state index >= 15 is 0 Å². The van der Waals surface area contributed by atoms with Crippen molar-refractivity contribution in [2.45, 2.75) is 0 Å². The minimum atomic E-state index is 0.687. The van der Waals surface area contributed by atoms with Gasteiger partial charge < -0.3 is 8.98 Å². The number of benzene rings is 7. The van der Waals surface area contributed by atoms with Gasteiger partial charge in [0.05, 0.1) is 16.7 Å². The van der Waals surface area contributed by atoms with Crippen LogP contribution < -0.4 is 0 Å². The molecule has 0 aliphatic carbocycles. The molecule has 0 aliphatic heterocycles. The first-order chi connectivity index (χ1) is 22.8. The summed E-state index contributed by atoms with van der Waals surface area (Å²) in [6.07, 6.45) is 0. The first-order valence-electron chi connectivity index (χ1n) is 15.4. The van der Waals surface area contributed by atoms with Gasteiger partial charge in [-0.2, -0.15) is 0 Å². The summed E-state index contributed by atoms with van der Waals surface area (Å²) in [5.41, 5.74) is 8.55. The number of aromatic nitrogens is 3. The Morgan fingerprint density at radius 3 is 2.11 bits per heavy atom. The smallest absolute Gasteiger partial charge is 0.160 e. The maximum atomic E-state index is 6.44. The van der Waals surface area contributed by atoms with Gasteiger partial charge in [-0.1, -0.05) is 97.1 Å². The lowest BCUT2D eigenvalue weighted by Gasteiger charge is -2.14. The molecule has 2 aromatic heterocycles. The zero-order valence-electron chi connectivity index (χ0n) is 24.8. The molecule has 46 heavy (non-hydrogen) atoms. The molecular formula is C42H27N3O. The molecule has 0 radical (unpaired) electrons. The number of rotatable bonds is 3. The van der Waals surface area contributed by atoms with Crippen molar-refractivity contribution in [1.82, 2.24) is 14.5 Å². The van der Waals surface area contributed by atoms with Crippen molar-refractivity contribution >= 4 is 54.6 Å². The fraction of sp³-hybridized carbons (Fsp3) is 0. The first-order valence-corrected chi connectivity index (χ1v) is 15.4.